The number of aliphatic carboxylic acids is 1. The van der Waals surface area contributed by atoms with E-state index in [0.717, 1.165) is 38.7 Å². The second-order valence-corrected chi connectivity index (χ2v) is 17.4. The number of fused-ring (bicyclic) bond motifs is 8. The summed E-state index contributed by atoms with van der Waals surface area (Å²) in [5.41, 5.74) is 0. The monoisotopic (exact) mass is 659 g/mol. The SMILES string of the molecule is CCCCCCOC(C)C1C2CC3NC(CC4NC5C(CC(O)C5C4C)C4NC(CC(N2)C1C)C(C)C4CCC(=O)O)C(CC)C3C. The number of rotatable bonds is 11. The van der Waals surface area contributed by atoms with Crippen LogP contribution < -0.4 is 21.3 Å². The van der Waals surface area contributed by atoms with E-state index >= 15 is 0 Å². The lowest BCUT2D eigenvalue weighted by atomic mass is 9.76. The molecular formula is C39H70N4O4. The molecule has 5 heterocycles. The van der Waals surface area contributed by atoms with E-state index in [4.69, 9.17) is 4.74 Å². The van der Waals surface area contributed by atoms with Crippen molar-refractivity contribution in [3.05, 3.63) is 0 Å². The molecule has 0 spiro atoms. The molecule has 0 amide bonds. The molecule has 270 valence electrons. The molecule has 5 saturated heterocycles. The summed E-state index contributed by atoms with van der Waals surface area (Å²) in [5, 5.41) is 38.1. The zero-order valence-corrected chi connectivity index (χ0v) is 30.7. The molecule has 8 bridgehead atoms. The fourth-order valence-electron chi connectivity index (χ4n) is 12.5. The average Bonchev–Trinajstić information content (AvgIpc) is 3.78. The average molecular weight is 659 g/mol. The summed E-state index contributed by atoms with van der Waals surface area (Å²) in [7, 11) is 0. The Morgan fingerprint density at radius 1 is 0.745 bits per heavy atom. The van der Waals surface area contributed by atoms with Crippen LogP contribution >= 0.6 is 0 Å². The van der Waals surface area contributed by atoms with Crippen LogP contribution in [-0.4, -0.2) is 83.3 Å². The highest BCUT2D eigenvalue weighted by Gasteiger charge is 2.58. The summed E-state index contributed by atoms with van der Waals surface area (Å²) in [5.74, 6) is 3.27. The van der Waals surface area contributed by atoms with E-state index in [1.807, 2.05) is 0 Å². The van der Waals surface area contributed by atoms with Crippen LogP contribution in [0.1, 0.15) is 119 Å². The van der Waals surface area contributed by atoms with Gasteiger partial charge < -0.3 is 36.2 Å². The number of hydrogen-bond donors (Lipinski definition) is 6. The minimum absolute atomic E-state index is 0.216. The Kier molecular flexibility index (Phi) is 11.7. The van der Waals surface area contributed by atoms with Crippen molar-refractivity contribution in [1.82, 2.24) is 21.3 Å². The van der Waals surface area contributed by atoms with E-state index < -0.39 is 5.97 Å². The number of hydrogen-bond acceptors (Lipinski definition) is 7. The van der Waals surface area contributed by atoms with Crippen molar-refractivity contribution in [2.45, 2.75) is 180 Å². The van der Waals surface area contributed by atoms with E-state index in [1.54, 1.807) is 0 Å². The smallest absolute Gasteiger partial charge is 0.303 e. The first kappa shape index (κ1) is 36.0. The van der Waals surface area contributed by atoms with Gasteiger partial charge in [-0.15, -0.1) is 0 Å². The minimum Gasteiger partial charge on any atom is -0.481 e. The Morgan fingerprint density at radius 2 is 1.36 bits per heavy atom. The van der Waals surface area contributed by atoms with Gasteiger partial charge in [0.25, 0.3) is 0 Å². The number of ether oxygens (including phenoxy) is 1. The van der Waals surface area contributed by atoms with Gasteiger partial charge in [-0.3, -0.25) is 4.79 Å². The molecule has 8 heteroatoms. The highest BCUT2D eigenvalue weighted by atomic mass is 16.5. The lowest BCUT2D eigenvalue weighted by Gasteiger charge is -2.32. The first-order valence-corrected chi connectivity index (χ1v) is 20.1. The molecule has 1 aliphatic carbocycles. The standard InChI is InChI=1S/C39H70N4O4/c1-8-10-11-12-15-47-24(7)36-22(5)30-17-29-21(4)26(13-14-35(45)46)38(42-29)27-16-34(44)37-23(6)31(43-39(27)37)18-32-25(9-2)20(3)28(40-32)19-33(36)41-30/h20-34,36-44H,8-19H2,1-7H3,(H,45,46). The van der Waals surface area contributed by atoms with Gasteiger partial charge in [0, 0.05) is 73.2 Å². The molecule has 6 aliphatic rings. The Balaban J connectivity index is 1.30. The quantitative estimate of drug-likeness (QED) is 0.168. The Labute approximate surface area is 286 Å². The summed E-state index contributed by atoms with van der Waals surface area (Å²) in [6.07, 6.45) is 11.1. The van der Waals surface area contributed by atoms with Crippen molar-refractivity contribution in [3.8, 4) is 0 Å². The van der Waals surface area contributed by atoms with Crippen molar-refractivity contribution in [1.29, 1.82) is 0 Å². The normalized spacial score (nSPS) is 49.9. The van der Waals surface area contributed by atoms with Crippen LogP contribution in [0.3, 0.4) is 0 Å². The molecule has 6 N–H and O–H groups in total. The number of unbranched alkanes of at least 4 members (excludes halogenated alkanes) is 3. The molecule has 0 radical (unpaired) electrons. The van der Waals surface area contributed by atoms with Crippen LogP contribution in [0, 0.1) is 53.3 Å². The third-order valence-electron chi connectivity index (χ3n) is 15.1. The summed E-state index contributed by atoms with van der Waals surface area (Å²) in [6.45, 7) is 17.6. The maximum absolute atomic E-state index is 11.8. The van der Waals surface area contributed by atoms with Crippen LogP contribution in [0.5, 0.6) is 0 Å². The van der Waals surface area contributed by atoms with E-state index in [9.17, 15) is 15.0 Å². The third-order valence-corrected chi connectivity index (χ3v) is 15.1. The van der Waals surface area contributed by atoms with Crippen LogP contribution in [-0.2, 0) is 9.53 Å². The van der Waals surface area contributed by atoms with Crippen LogP contribution in [0.25, 0.3) is 0 Å². The molecule has 19 unspecified atom stereocenters. The summed E-state index contributed by atoms with van der Waals surface area (Å²) >= 11 is 0. The maximum Gasteiger partial charge on any atom is 0.303 e. The number of carboxylic acids is 1. The number of aliphatic hydroxyl groups excluding tert-OH is 1. The number of carboxylic acid groups (broad SMARTS) is 1. The number of nitrogens with one attached hydrogen (secondary N) is 4. The van der Waals surface area contributed by atoms with Crippen LogP contribution in [0.15, 0.2) is 0 Å². The number of aliphatic hydroxyl groups is 1. The molecule has 0 aromatic carbocycles. The first-order chi connectivity index (χ1) is 22.5. The second kappa shape index (κ2) is 15.2. The molecule has 0 aromatic rings. The van der Waals surface area contributed by atoms with Gasteiger partial charge in [-0.05, 0) is 86.9 Å². The van der Waals surface area contributed by atoms with E-state index in [1.165, 1.54) is 25.7 Å². The second-order valence-electron chi connectivity index (χ2n) is 17.4. The van der Waals surface area contributed by atoms with Gasteiger partial charge in [0.1, 0.15) is 0 Å². The predicted octanol–water partition coefficient (Wildman–Crippen LogP) is 5.18. The lowest BCUT2D eigenvalue weighted by molar-refractivity contribution is -0.137. The van der Waals surface area contributed by atoms with Gasteiger partial charge >= 0.3 is 5.97 Å². The minimum atomic E-state index is -0.697. The third kappa shape index (κ3) is 7.08. The molecule has 19 atom stereocenters. The van der Waals surface area contributed by atoms with Crippen LogP contribution in [0.4, 0.5) is 0 Å². The Hall–Kier alpha value is -0.770. The maximum atomic E-state index is 11.8. The fourth-order valence-corrected chi connectivity index (χ4v) is 12.5. The molecule has 6 fully saturated rings. The molecule has 5 aliphatic heterocycles. The van der Waals surface area contributed by atoms with Gasteiger partial charge in [0.05, 0.1) is 12.2 Å². The van der Waals surface area contributed by atoms with Crippen LogP contribution in [0.2, 0.25) is 0 Å². The van der Waals surface area contributed by atoms with Crippen molar-refractivity contribution in [2.75, 3.05) is 6.61 Å². The number of carbonyl (C=O) groups is 1. The van der Waals surface area contributed by atoms with Crippen molar-refractivity contribution in [3.63, 3.8) is 0 Å². The zero-order valence-electron chi connectivity index (χ0n) is 30.7. The Bertz CT molecular complexity index is 1050. The predicted molar refractivity (Wildman–Crippen MR) is 188 cm³/mol. The van der Waals surface area contributed by atoms with Gasteiger partial charge in [-0.2, -0.15) is 0 Å². The van der Waals surface area contributed by atoms with Gasteiger partial charge in [0.2, 0.25) is 0 Å². The van der Waals surface area contributed by atoms with Crippen molar-refractivity contribution < 1.29 is 19.7 Å². The highest BCUT2D eigenvalue weighted by molar-refractivity contribution is 5.66. The molecule has 6 rings (SSSR count). The highest BCUT2D eigenvalue weighted by Crippen LogP contribution is 2.50. The molecule has 47 heavy (non-hydrogen) atoms. The molecule has 8 nitrogen and oxygen atoms in total. The van der Waals surface area contributed by atoms with Crippen molar-refractivity contribution in [2.24, 2.45) is 53.3 Å². The summed E-state index contributed by atoms with van der Waals surface area (Å²) in [4.78, 5) is 11.8. The van der Waals surface area contributed by atoms with E-state index in [2.05, 4.69) is 69.7 Å². The molecule has 0 aromatic heterocycles. The molecule has 1 saturated carbocycles. The first-order valence-electron chi connectivity index (χ1n) is 20.1. The van der Waals surface area contributed by atoms with E-state index in [-0.39, 0.29) is 36.6 Å². The largest absolute Gasteiger partial charge is 0.481 e. The zero-order chi connectivity index (χ0) is 33.6. The van der Waals surface area contributed by atoms with Gasteiger partial charge in [-0.25, -0.2) is 0 Å². The lowest BCUT2D eigenvalue weighted by Crippen LogP contribution is -2.49. The topological polar surface area (TPSA) is 115 Å². The van der Waals surface area contributed by atoms with Gasteiger partial charge in [0.15, 0.2) is 0 Å². The van der Waals surface area contributed by atoms with Crippen molar-refractivity contribution >= 4 is 5.97 Å². The van der Waals surface area contributed by atoms with E-state index in [0.29, 0.717) is 90.0 Å². The summed E-state index contributed by atoms with van der Waals surface area (Å²) < 4.78 is 6.64. The summed E-state index contributed by atoms with van der Waals surface area (Å²) in [6, 6.07) is 3.03. The molecular weight excluding hydrogens is 588 g/mol. The fraction of sp³-hybridized carbons (Fsp3) is 0.974. The Morgan fingerprint density at radius 3 is 2.09 bits per heavy atom. The van der Waals surface area contributed by atoms with Gasteiger partial charge in [-0.1, -0.05) is 67.2 Å².